The van der Waals surface area contributed by atoms with Crippen molar-refractivity contribution in [2.45, 2.75) is 54.6 Å². The molecular formula is C22H26O3S. The van der Waals surface area contributed by atoms with Gasteiger partial charge in [-0.15, -0.1) is 0 Å². The van der Waals surface area contributed by atoms with Crippen LogP contribution in [0.2, 0.25) is 0 Å². The SMILES string of the molecule is O=S(=O)(c1ccccc1)C1(c2ccc(OCCC3CC3)cc2)CCCC1. The van der Waals surface area contributed by atoms with E-state index < -0.39 is 14.6 Å². The third kappa shape index (κ3) is 3.27. The van der Waals surface area contributed by atoms with Crippen molar-refractivity contribution in [3.63, 3.8) is 0 Å². The Hall–Kier alpha value is -1.81. The first-order valence-electron chi connectivity index (χ1n) is 9.65. The molecule has 4 heteroatoms. The summed E-state index contributed by atoms with van der Waals surface area (Å²) in [5, 5.41) is 0. The molecule has 0 aromatic heterocycles. The van der Waals surface area contributed by atoms with Crippen molar-refractivity contribution in [2.24, 2.45) is 5.92 Å². The van der Waals surface area contributed by atoms with Gasteiger partial charge in [0.2, 0.25) is 0 Å². The molecule has 138 valence electrons. The first kappa shape index (κ1) is 17.6. The highest BCUT2D eigenvalue weighted by Gasteiger charge is 2.48. The molecule has 2 aliphatic rings. The molecule has 0 radical (unpaired) electrons. The Morgan fingerprint density at radius 3 is 2.19 bits per heavy atom. The Morgan fingerprint density at radius 2 is 1.58 bits per heavy atom. The molecule has 3 nitrogen and oxygen atoms in total. The van der Waals surface area contributed by atoms with Gasteiger partial charge in [0.15, 0.2) is 9.84 Å². The molecule has 0 bridgehead atoms. The molecule has 0 amide bonds. The molecule has 2 aromatic carbocycles. The lowest BCUT2D eigenvalue weighted by Crippen LogP contribution is -2.33. The van der Waals surface area contributed by atoms with Crippen molar-refractivity contribution in [1.29, 1.82) is 0 Å². The van der Waals surface area contributed by atoms with Gasteiger partial charge in [0.25, 0.3) is 0 Å². The van der Waals surface area contributed by atoms with Crippen LogP contribution in [0.25, 0.3) is 0 Å². The molecule has 0 aliphatic heterocycles. The average Bonchev–Trinajstić information content (AvgIpc) is 3.35. The maximum atomic E-state index is 13.5. The van der Waals surface area contributed by atoms with Crippen molar-refractivity contribution in [3.05, 3.63) is 60.2 Å². The van der Waals surface area contributed by atoms with Crippen LogP contribution < -0.4 is 4.74 Å². The standard InChI is InChI=1S/C22H26O3S/c23-26(24,21-6-2-1-3-7-21)22(15-4-5-16-22)19-10-12-20(13-11-19)25-17-14-18-8-9-18/h1-3,6-7,10-13,18H,4-5,8-9,14-17H2. The third-order valence-electron chi connectivity index (χ3n) is 5.85. The van der Waals surface area contributed by atoms with Gasteiger partial charge in [-0.1, -0.05) is 56.0 Å². The molecule has 2 fully saturated rings. The maximum Gasteiger partial charge on any atom is 0.188 e. The number of rotatable bonds is 7. The molecule has 2 aromatic rings. The summed E-state index contributed by atoms with van der Waals surface area (Å²) < 4.78 is 32.0. The highest BCUT2D eigenvalue weighted by Crippen LogP contribution is 2.48. The highest BCUT2D eigenvalue weighted by molar-refractivity contribution is 7.92. The van der Waals surface area contributed by atoms with Crippen LogP contribution in [0.3, 0.4) is 0 Å². The van der Waals surface area contributed by atoms with Crippen LogP contribution in [-0.4, -0.2) is 15.0 Å². The molecule has 2 saturated carbocycles. The van der Waals surface area contributed by atoms with E-state index in [1.54, 1.807) is 24.3 Å². The van der Waals surface area contributed by atoms with Crippen LogP contribution in [0, 0.1) is 5.92 Å². The zero-order valence-corrected chi connectivity index (χ0v) is 15.9. The van der Waals surface area contributed by atoms with Crippen molar-refractivity contribution >= 4 is 9.84 Å². The lowest BCUT2D eigenvalue weighted by Gasteiger charge is -2.29. The van der Waals surface area contributed by atoms with Gasteiger partial charge in [0.05, 0.1) is 11.5 Å². The molecule has 2 aliphatic carbocycles. The number of hydrogen-bond acceptors (Lipinski definition) is 3. The predicted molar refractivity (Wildman–Crippen MR) is 103 cm³/mol. The Bertz CT molecular complexity index is 831. The molecule has 0 N–H and O–H groups in total. The molecule has 0 unspecified atom stereocenters. The normalized spacial score (nSPS) is 19.4. The maximum absolute atomic E-state index is 13.5. The monoisotopic (exact) mass is 370 g/mol. The Kier molecular flexibility index (Phi) is 4.78. The quantitative estimate of drug-likeness (QED) is 0.680. The van der Waals surface area contributed by atoms with Crippen LogP contribution in [0.1, 0.15) is 50.5 Å². The van der Waals surface area contributed by atoms with Crippen LogP contribution in [0.4, 0.5) is 0 Å². The molecule has 0 saturated heterocycles. The van der Waals surface area contributed by atoms with Gasteiger partial charge in [-0.3, -0.25) is 0 Å². The van der Waals surface area contributed by atoms with Crippen molar-refractivity contribution < 1.29 is 13.2 Å². The largest absolute Gasteiger partial charge is 0.494 e. The van der Waals surface area contributed by atoms with Crippen molar-refractivity contribution in [1.82, 2.24) is 0 Å². The number of ether oxygens (including phenoxy) is 1. The summed E-state index contributed by atoms with van der Waals surface area (Å²) in [5.74, 6) is 1.69. The second-order valence-corrected chi connectivity index (χ2v) is 9.88. The van der Waals surface area contributed by atoms with Gasteiger partial charge in [-0.25, -0.2) is 8.42 Å². The first-order valence-corrected chi connectivity index (χ1v) is 11.1. The van der Waals surface area contributed by atoms with Crippen molar-refractivity contribution in [2.75, 3.05) is 6.61 Å². The summed E-state index contributed by atoms with van der Waals surface area (Å²) in [6.07, 6.45) is 7.06. The summed E-state index contributed by atoms with van der Waals surface area (Å²) >= 11 is 0. The average molecular weight is 371 g/mol. The fraction of sp³-hybridized carbons (Fsp3) is 0.455. The third-order valence-corrected chi connectivity index (χ3v) is 8.42. The van der Waals surface area contributed by atoms with E-state index in [-0.39, 0.29) is 0 Å². The van der Waals surface area contributed by atoms with E-state index in [1.165, 1.54) is 12.8 Å². The minimum absolute atomic E-state index is 0.423. The minimum atomic E-state index is -3.43. The summed E-state index contributed by atoms with van der Waals surface area (Å²) in [7, 11) is -3.43. The van der Waals surface area contributed by atoms with Gasteiger partial charge in [-0.2, -0.15) is 0 Å². The Morgan fingerprint density at radius 1 is 0.923 bits per heavy atom. The second-order valence-electron chi connectivity index (χ2n) is 7.62. The predicted octanol–water partition coefficient (Wildman–Crippen LogP) is 5.11. The molecule has 26 heavy (non-hydrogen) atoms. The highest BCUT2D eigenvalue weighted by atomic mass is 32.2. The first-order chi connectivity index (χ1) is 12.6. The fourth-order valence-corrected chi connectivity index (χ4v) is 6.33. The molecule has 4 rings (SSSR count). The number of hydrogen-bond donors (Lipinski definition) is 0. The Balaban J connectivity index is 1.59. The number of sulfone groups is 1. The summed E-state index contributed by atoms with van der Waals surface area (Å²) in [6, 6.07) is 16.7. The van der Waals surface area contributed by atoms with Gasteiger partial charge >= 0.3 is 0 Å². The van der Waals surface area contributed by atoms with Crippen LogP contribution in [0.15, 0.2) is 59.5 Å². The van der Waals surface area contributed by atoms with E-state index in [0.717, 1.165) is 43.1 Å². The molecule has 0 heterocycles. The second kappa shape index (κ2) is 7.07. The lowest BCUT2D eigenvalue weighted by atomic mass is 9.96. The summed E-state index contributed by atoms with van der Waals surface area (Å²) in [4.78, 5) is 0.423. The van der Waals surface area contributed by atoms with Crippen LogP contribution >= 0.6 is 0 Å². The zero-order valence-electron chi connectivity index (χ0n) is 15.1. The lowest BCUT2D eigenvalue weighted by molar-refractivity contribution is 0.302. The minimum Gasteiger partial charge on any atom is -0.494 e. The van der Waals surface area contributed by atoms with Crippen LogP contribution in [0.5, 0.6) is 5.75 Å². The van der Waals surface area contributed by atoms with E-state index in [1.807, 2.05) is 30.3 Å². The molecule has 0 spiro atoms. The molecule has 0 atom stereocenters. The topological polar surface area (TPSA) is 43.4 Å². The van der Waals surface area contributed by atoms with Crippen LogP contribution in [-0.2, 0) is 14.6 Å². The Labute approximate surface area is 156 Å². The molecular weight excluding hydrogens is 344 g/mol. The smallest absolute Gasteiger partial charge is 0.188 e. The zero-order chi connectivity index (χ0) is 18.0. The van der Waals surface area contributed by atoms with E-state index >= 15 is 0 Å². The van der Waals surface area contributed by atoms with E-state index in [0.29, 0.717) is 17.7 Å². The van der Waals surface area contributed by atoms with E-state index in [9.17, 15) is 8.42 Å². The summed E-state index contributed by atoms with van der Waals surface area (Å²) in [6.45, 7) is 0.747. The fourth-order valence-electron chi connectivity index (χ4n) is 4.09. The summed E-state index contributed by atoms with van der Waals surface area (Å²) in [5.41, 5.74) is 0.897. The number of benzene rings is 2. The van der Waals surface area contributed by atoms with E-state index in [4.69, 9.17) is 4.74 Å². The van der Waals surface area contributed by atoms with Gasteiger partial charge in [0.1, 0.15) is 10.5 Å². The van der Waals surface area contributed by atoms with Gasteiger partial charge < -0.3 is 4.74 Å². The van der Waals surface area contributed by atoms with Gasteiger partial charge in [0, 0.05) is 0 Å². The van der Waals surface area contributed by atoms with Crippen molar-refractivity contribution in [3.8, 4) is 5.75 Å². The van der Waals surface area contributed by atoms with E-state index in [2.05, 4.69) is 0 Å². The van der Waals surface area contributed by atoms with Gasteiger partial charge in [-0.05, 0) is 55.0 Å².